The van der Waals surface area contributed by atoms with E-state index in [1.807, 2.05) is 24.5 Å². The predicted octanol–water partition coefficient (Wildman–Crippen LogP) is 2.87. The average molecular weight is 299 g/mol. The first-order valence-corrected chi connectivity index (χ1v) is 7.80. The molecule has 0 saturated carbocycles. The largest absolute Gasteiger partial charge is 0.506 e. The highest BCUT2D eigenvalue weighted by atomic mass is 16.3. The molecule has 4 heteroatoms. The molecule has 1 atom stereocenters. The van der Waals surface area contributed by atoms with Crippen LogP contribution in [0.15, 0.2) is 42.7 Å². The Morgan fingerprint density at radius 2 is 1.91 bits per heavy atom. The van der Waals surface area contributed by atoms with Gasteiger partial charge in [0, 0.05) is 25.0 Å². The summed E-state index contributed by atoms with van der Waals surface area (Å²) in [5, 5.41) is 9.50. The molecule has 0 bridgehead atoms. The lowest BCUT2D eigenvalue weighted by Crippen LogP contribution is -2.36. The van der Waals surface area contributed by atoms with Crippen LogP contribution >= 0.6 is 0 Å². The first-order valence-electron chi connectivity index (χ1n) is 7.80. The molecule has 2 aromatic rings. The zero-order valence-electron chi connectivity index (χ0n) is 13.4. The zero-order chi connectivity index (χ0) is 15.9. The number of nitrogens with zero attached hydrogens (tertiary/aromatic N) is 2. The molecule has 0 aliphatic heterocycles. The zero-order valence-corrected chi connectivity index (χ0v) is 13.4. The van der Waals surface area contributed by atoms with Gasteiger partial charge in [0.15, 0.2) is 0 Å². The van der Waals surface area contributed by atoms with Crippen LogP contribution in [0.25, 0.3) is 0 Å². The van der Waals surface area contributed by atoms with Gasteiger partial charge < -0.3 is 15.7 Å². The van der Waals surface area contributed by atoms with Crippen LogP contribution < -0.4 is 5.73 Å². The highest BCUT2D eigenvalue weighted by Crippen LogP contribution is 2.22. The minimum atomic E-state index is 0.154. The molecule has 1 aromatic carbocycles. The van der Waals surface area contributed by atoms with Gasteiger partial charge in [-0.2, -0.15) is 0 Å². The van der Waals surface area contributed by atoms with E-state index >= 15 is 0 Å². The van der Waals surface area contributed by atoms with E-state index in [1.54, 1.807) is 6.07 Å². The molecule has 2 rings (SSSR count). The number of benzene rings is 1. The van der Waals surface area contributed by atoms with Crippen LogP contribution in [0.5, 0.6) is 5.75 Å². The number of rotatable bonds is 7. The summed E-state index contributed by atoms with van der Waals surface area (Å²) in [4.78, 5) is 6.51. The number of pyridine rings is 1. The van der Waals surface area contributed by atoms with E-state index in [9.17, 15) is 5.11 Å². The molecule has 118 valence electrons. The summed E-state index contributed by atoms with van der Waals surface area (Å²) in [6.45, 7) is 6.46. The van der Waals surface area contributed by atoms with Crippen molar-refractivity contribution in [3.05, 3.63) is 53.9 Å². The van der Waals surface area contributed by atoms with Gasteiger partial charge in [0.05, 0.1) is 5.69 Å². The van der Waals surface area contributed by atoms with Crippen LogP contribution in [0, 0.1) is 0 Å². The third-order valence-electron chi connectivity index (χ3n) is 4.09. The lowest BCUT2D eigenvalue weighted by molar-refractivity contribution is 0.221. The molecule has 4 nitrogen and oxygen atoms in total. The number of nitrogen functional groups attached to an aromatic ring is 1. The van der Waals surface area contributed by atoms with Crippen LogP contribution in [0.4, 0.5) is 5.69 Å². The Hall–Kier alpha value is -2.07. The molecule has 0 aliphatic rings. The standard InChI is InChI=1S/C18H25N3O/c1-3-21(11-8-15-6-9-20-10-7-15)14(2)12-16-4-5-18(22)17(19)13-16/h4-7,9-10,13-14,22H,3,8,11-12,19H2,1-2H3. The molecule has 0 radical (unpaired) electrons. The van der Waals surface area contributed by atoms with Crippen molar-refractivity contribution in [1.29, 1.82) is 0 Å². The molecule has 0 spiro atoms. The lowest BCUT2D eigenvalue weighted by Gasteiger charge is -2.28. The third-order valence-corrected chi connectivity index (χ3v) is 4.09. The molecular formula is C18H25N3O. The highest BCUT2D eigenvalue weighted by Gasteiger charge is 2.13. The molecule has 0 fully saturated rings. The average Bonchev–Trinajstić information content (AvgIpc) is 2.52. The Morgan fingerprint density at radius 3 is 2.55 bits per heavy atom. The van der Waals surface area contributed by atoms with E-state index in [-0.39, 0.29) is 5.75 Å². The van der Waals surface area contributed by atoms with Crippen molar-refractivity contribution in [3.8, 4) is 5.75 Å². The summed E-state index contributed by atoms with van der Waals surface area (Å²) in [5.41, 5.74) is 8.69. The van der Waals surface area contributed by atoms with Gasteiger partial charge in [0.25, 0.3) is 0 Å². The van der Waals surface area contributed by atoms with Gasteiger partial charge in [-0.15, -0.1) is 0 Å². The van der Waals surface area contributed by atoms with Gasteiger partial charge in [-0.25, -0.2) is 0 Å². The number of phenols is 1. The molecule has 3 N–H and O–H groups in total. The predicted molar refractivity (Wildman–Crippen MR) is 90.9 cm³/mol. The second kappa shape index (κ2) is 7.80. The summed E-state index contributed by atoms with van der Waals surface area (Å²) in [6.07, 6.45) is 5.63. The summed E-state index contributed by atoms with van der Waals surface area (Å²) in [7, 11) is 0. The Labute approximate surface area is 132 Å². The van der Waals surface area contributed by atoms with Crippen LogP contribution in [0.3, 0.4) is 0 Å². The Morgan fingerprint density at radius 1 is 1.18 bits per heavy atom. The number of hydrogen-bond acceptors (Lipinski definition) is 4. The SMILES string of the molecule is CCN(CCc1ccncc1)C(C)Cc1ccc(O)c(N)c1. The number of aromatic hydroxyl groups is 1. The van der Waals surface area contributed by atoms with E-state index in [0.29, 0.717) is 11.7 Å². The fourth-order valence-electron chi connectivity index (χ4n) is 2.71. The van der Waals surface area contributed by atoms with Gasteiger partial charge in [0.1, 0.15) is 5.75 Å². The normalized spacial score (nSPS) is 12.5. The summed E-state index contributed by atoms with van der Waals surface area (Å²) >= 11 is 0. The maximum atomic E-state index is 9.50. The van der Waals surface area contributed by atoms with Crippen LogP contribution in [0.1, 0.15) is 25.0 Å². The number of likely N-dealkylation sites (N-methyl/N-ethyl adjacent to an activating group) is 1. The van der Waals surface area contributed by atoms with Crippen molar-refractivity contribution >= 4 is 5.69 Å². The van der Waals surface area contributed by atoms with Gasteiger partial charge in [-0.05, 0) is 61.7 Å². The first kappa shape index (κ1) is 16.3. The lowest BCUT2D eigenvalue weighted by atomic mass is 10.0. The van der Waals surface area contributed by atoms with Crippen molar-refractivity contribution < 1.29 is 5.11 Å². The highest BCUT2D eigenvalue weighted by molar-refractivity contribution is 5.53. The third kappa shape index (κ3) is 4.46. The molecule has 1 aromatic heterocycles. The smallest absolute Gasteiger partial charge is 0.138 e. The number of aromatic nitrogens is 1. The molecule has 22 heavy (non-hydrogen) atoms. The Kier molecular flexibility index (Phi) is 5.78. The van der Waals surface area contributed by atoms with Crippen molar-refractivity contribution in [2.24, 2.45) is 0 Å². The molecule has 0 aliphatic carbocycles. The summed E-state index contributed by atoms with van der Waals surface area (Å²) < 4.78 is 0. The maximum Gasteiger partial charge on any atom is 0.138 e. The Bertz CT molecular complexity index is 586. The van der Waals surface area contributed by atoms with E-state index in [1.165, 1.54) is 5.56 Å². The van der Waals surface area contributed by atoms with Gasteiger partial charge in [0.2, 0.25) is 0 Å². The van der Waals surface area contributed by atoms with E-state index < -0.39 is 0 Å². The molecule has 1 heterocycles. The minimum absolute atomic E-state index is 0.154. The molecule has 1 unspecified atom stereocenters. The summed E-state index contributed by atoms with van der Waals surface area (Å²) in [5.74, 6) is 0.154. The number of hydrogen-bond donors (Lipinski definition) is 2. The number of phenolic OH excluding ortho intramolecular Hbond substituents is 1. The first-order chi connectivity index (χ1) is 10.6. The van der Waals surface area contributed by atoms with Crippen molar-refractivity contribution in [1.82, 2.24) is 9.88 Å². The van der Waals surface area contributed by atoms with Gasteiger partial charge in [-0.1, -0.05) is 13.0 Å². The van der Waals surface area contributed by atoms with Crippen LogP contribution in [-0.4, -0.2) is 34.1 Å². The second-order valence-corrected chi connectivity index (χ2v) is 5.68. The van der Waals surface area contributed by atoms with E-state index in [0.717, 1.165) is 31.5 Å². The van der Waals surface area contributed by atoms with E-state index in [4.69, 9.17) is 5.73 Å². The van der Waals surface area contributed by atoms with Gasteiger partial charge >= 0.3 is 0 Å². The minimum Gasteiger partial charge on any atom is -0.506 e. The monoisotopic (exact) mass is 299 g/mol. The number of anilines is 1. The second-order valence-electron chi connectivity index (χ2n) is 5.68. The molecule has 0 amide bonds. The number of nitrogens with two attached hydrogens (primary N) is 1. The molecular weight excluding hydrogens is 274 g/mol. The summed E-state index contributed by atoms with van der Waals surface area (Å²) in [6, 6.07) is 10.0. The van der Waals surface area contributed by atoms with Crippen LogP contribution in [-0.2, 0) is 12.8 Å². The van der Waals surface area contributed by atoms with E-state index in [2.05, 4.69) is 35.9 Å². The van der Waals surface area contributed by atoms with Crippen molar-refractivity contribution in [2.45, 2.75) is 32.7 Å². The fourth-order valence-corrected chi connectivity index (χ4v) is 2.71. The topological polar surface area (TPSA) is 62.4 Å². The van der Waals surface area contributed by atoms with Crippen LogP contribution in [0.2, 0.25) is 0 Å². The quantitative estimate of drug-likeness (QED) is 0.609. The van der Waals surface area contributed by atoms with Crippen molar-refractivity contribution in [3.63, 3.8) is 0 Å². The molecule has 0 saturated heterocycles. The Balaban J connectivity index is 1.93. The fraction of sp³-hybridized carbons (Fsp3) is 0.389. The van der Waals surface area contributed by atoms with Crippen molar-refractivity contribution in [2.75, 3.05) is 18.8 Å². The maximum absolute atomic E-state index is 9.50. The van der Waals surface area contributed by atoms with Gasteiger partial charge in [-0.3, -0.25) is 4.98 Å².